The number of piperidine rings is 1. The summed E-state index contributed by atoms with van der Waals surface area (Å²) in [4.78, 5) is 22.6. The molecule has 0 saturated carbocycles. The molecular formula is C21H29N5O3. The highest BCUT2D eigenvalue weighted by Gasteiger charge is 2.27. The van der Waals surface area contributed by atoms with Crippen LogP contribution in [-0.2, 0) is 0 Å². The van der Waals surface area contributed by atoms with Crippen molar-refractivity contribution in [1.29, 1.82) is 0 Å². The number of ketones is 1. The van der Waals surface area contributed by atoms with Crippen LogP contribution in [0.3, 0.4) is 0 Å². The highest BCUT2D eigenvalue weighted by Crippen LogP contribution is 2.30. The number of nitrogens with zero attached hydrogens (tertiary/aromatic N) is 4. The molecule has 29 heavy (non-hydrogen) atoms. The summed E-state index contributed by atoms with van der Waals surface area (Å²) in [6, 6.07) is 2.48. The van der Waals surface area contributed by atoms with Crippen LogP contribution >= 0.6 is 0 Å². The van der Waals surface area contributed by atoms with Gasteiger partial charge in [-0.25, -0.2) is 4.98 Å². The van der Waals surface area contributed by atoms with E-state index in [1.54, 1.807) is 6.20 Å². The van der Waals surface area contributed by atoms with E-state index in [4.69, 9.17) is 9.26 Å². The van der Waals surface area contributed by atoms with Crippen molar-refractivity contribution in [3.63, 3.8) is 0 Å². The zero-order valence-electron chi connectivity index (χ0n) is 17.4. The Balaban J connectivity index is 1.22. The van der Waals surface area contributed by atoms with Crippen LogP contribution in [0.15, 0.2) is 16.8 Å². The van der Waals surface area contributed by atoms with Gasteiger partial charge in [0, 0.05) is 37.8 Å². The maximum Gasteiger partial charge on any atom is 0.324 e. The van der Waals surface area contributed by atoms with Gasteiger partial charge in [-0.1, -0.05) is 25.9 Å². The number of carbonyl (C=O) groups is 1. The zero-order valence-corrected chi connectivity index (χ0v) is 17.4. The molecule has 1 unspecified atom stereocenters. The summed E-state index contributed by atoms with van der Waals surface area (Å²) in [5, 5.41) is 7.43. The Morgan fingerprint density at radius 2 is 2.07 bits per heavy atom. The van der Waals surface area contributed by atoms with E-state index in [-0.39, 0.29) is 18.3 Å². The van der Waals surface area contributed by atoms with E-state index >= 15 is 0 Å². The molecule has 0 bridgehead atoms. The van der Waals surface area contributed by atoms with Crippen molar-refractivity contribution in [3.05, 3.63) is 23.7 Å². The van der Waals surface area contributed by atoms with Gasteiger partial charge in [0.2, 0.25) is 5.78 Å². The third kappa shape index (κ3) is 4.36. The molecule has 0 aliphatic carbocycles. The Morgan fingerprint density at radius 3 is 2.79 bits per heavy atom. The number of ether oxygens (including phenoxy) is 1. The summed E-state index contributed by atoms with van der Waals surface area (Å²) in [5.41, 5.74) is 0.581. The fourth-order valence-electron chi connectivity index (χ4n) is 4.00. The fraction of sp³-hybridized carbons (Fsp3) is 0.619. The Labute approximate surface area is 171 Å². The average Bonchev–Trinajstić information content (AvgIpc) is 3.36. The summed E-state index contributed by atoms with van der Waals surface area (Å²) in [5.74, 6) is 3.76. The second-order valence-corrected chi connectivity index (χ2v) is 8.38. The van der Waals surface area contributed by atoms with Gasteiger partial charge in [0.15, 0.2) is 12.4 Å². The van der Waals surface area contributed by atoms with Gasteiger partial charge < -0.3 is 19.5 Å². The van der Waals surface area contributed by atoms with Gasteiger partial charge in [-0.15, -0.1) is 0 Å². The molecule has 4 rings (SSSR count). The van der Waals surface area contributed by atoms with E-state index in [0.717, 1.165) is 50.5 Å². The summed E-state index contributed by atoms with van der Waals surface area (Å²) in [7, 11) is 0. The summed E-state index contributed by atoms with van der Waals surface area (Å²) < 4.78 is 10.8. The minimum absolute atomic E-state index is 0.0000242. The molecule has 4 heterocycles. The number of anilines is 2. The van der Waals surface area contributed by atoms with Crippen molar-refractivity contribution in [2.24, 2.45) is 11.8 Å². The largest absolute Gasteiger partial charge is 0.484 e. The normalized spacial score (nSPS) is 18.1. The third-order valence-electron chi connectivity index (χ3n) is 5.99. The van der Waals surface area contributed by atoms with Gasteiger partial charge in [0.05, 0.1) is 5.56 Å². The lowest BCUT2D eigenvalue weighted by Gasteiger charge is -2.33. The molecule has 0 amide bonds. The molecule has 2 aliphatic rings. The number of pyridine rings is 1. The van der Waals surface area contributed by atoms with Crippen LogP contribution in [0.1, 0.15) is 62.1 Å². The maximum absolute atomic E-state index is 11.6. The molecule has 2 aliphatic heterocycles. The monoisotopic (exact) mass is 399 g/mol. The Bertz CT molecular complexity index is 858. The topological polar surface area (TPSA) is 93.4 Å². The summed E-state index contributed by atoms with van der Waals surface area (Å²) >= 11 is 0. The predicted octanol–water partition coefficient (Wildman–Crippen LogP) is 3.52. The molecule has 8 heteroatoms. The van der Waals surface area contributed by atoms with Crippen molar-refractivity contribution in [2.45, 2.75) is 46.0 Å². The standard InChI is InChI=1S/C21H29N5O3/c1-13(2)20-24-21(29-25-20)26-8-5-15(6-9-26)14(3)4-7-22-19-10-18-16(11-23-19)17(27)12-28-18/h10-11,13-15H,4-9,12H2,1-3H3,(H,22,23). The first-order valence-electron chi connectivity index (χ1n) is 10.5. The van der Waals surface area contributed by atoms with Crippen molar-refractivity contribution in [2.75, 3.05) is 36.5 Å². The first-order chi connectivity index (χ1) is 14.0. The number of aromatic nitrogens is 3. The average molecular weight is 399 g/mol. The molecule has 0 radical (unpaired) electrons. The number of nitrogens with one attached hydrogen (secondary N) is 1. The molecule has 1 N–H and O–H groups in total. The van der Waals surface area contributed by atoms with E-state index in [9.17, 15) is 4.79 Å². The van der Waals surface area contributed by atoms with E-state index in [2.05, 4.69) is 46.1 Å². The second-order valence-electron chi connectivity index (χ2n) is 8.38. The lowest BCUT2D eigenvalue weighted by molar-refractivity contribution is 0.0961. The van der Waals surface area contributed by atoms with Crippen LogP contribution in [0.5, 0.6) is 5.75 Å². The lowest BCUT2D eigenvalue weighted by Crippen LogP contribution is -2.36. The van der Waals surface area contributed by atoms with Crippen LogP contribution in [0, 0.1) is 11.8 Å². The zero-order chi connectivity index (χ0) is 20.4. The second kappa shape index (κ2) is 8.39. The Hall–Kier alpha value is -2.64. The van der Waals surface area contributed by atoms with Crippen LogP contribution in [0.25, 0.3) is 0 Å². The highest BCUT2D eigenvalue weighted by molar-refractivity contribution is 6.02. The van der Waals surface area contributed by atoms with Gasteiger partial charge in [0.1, 0.15) is 11.6 Å². The number of carbonyl (C=O) groups excluding carboxylic acids is 1. The van der Waals surface area contributed by atoms with Gasteiger partial charge in [-0.3, -0.25) is 4.79 Å². The van der Waals surface area contributed by atoms with E-state index in [1.807, 2.05) is 6.07 Å². The molecule has 0 aromatic carbocycles. The molecule has 0 spiro atoms. The Morgan fingerprint density at radius 1 is 1.28 bits per heavy atom. The molecule has 1 saturated heterocycles. The fourth-order valence-corrected chi connectivity index (χ4v) is 4.00. The predicted molar refractivity (Wildman–Crippen MR) is 110 cm³/mol. The minimum Gasteiger partial charge on any atom is -0.484 e. The number of rotatable bonds is 7. The van der Waals surface area contributed by atoms with Crippen molar-refractivity contribution in [3.8, 4) is 5.75 Å². The first kappa shape index (κ1) is 19.7. The van der Waals surface area contributed by atoms with E-state index in [1.165, 1.54) is 0 Å². The quantitative estimate of drug-likeness (QED) is 0.756. The van der Waals surface area contributed by atoms with E-state index in [0.29, 0.717) is 29.2 Å². The number of Topliss-reactive ketones (excluding diaryl/α,β-unsaturated/α-hetero) is 1. The van der Waals surface area contributed by atoms with Crippen LogP contribution in [0.4, 0.5) is 11.8 Å². The molecule has 1 atom stereocenters. The smallest absolute Gasteiger partial charge is 0.324 e. The van der Waals surface area contributed by atoms with Crippen molar-refractivity contribution < 1.29 is 14.1 Å². The number of hydrogen-bond acceptors (Lipinski definition) is 8. The van der Waals surface area contributed by atoms with Crippen LogP contribution in [0.2, 0.25) is 0 Å². The summed E-state index contributed by atoms with van der Waals surface area (Å²) in [6.45, 7) is 9.35. The van der Waals surface area contributed by atoms with Gasteiger partial charge in [-0.2, -0.15) is 4.98 Å². The molecule has 156 valence electrons. The van der Waals surface area contributed by atoms with Crippen molar-refractivity contribution >= 4 is 17.6 Å². The minimum atomic E-state index is -0.0000242. The lowest BCUT2D eigenvalue weighted by atomic mass is 9.83. The first-order valence-corrected chi connectivity index (χ1v) is 10.5. The SMILES string of the molecule is CC(C)c1noc(N2CCC(C(C)CCNc3cc4c(cn3)C(=O)CO4)CC2)n1. The van der Waals surface area contributed by atoms with Crippen LogP contribution in [-0.4, -0.2) is 47.1 Å². The van der Waals surface area contributed by atoms with E-state index < -0.39 is 0 Å². The summed E-state index contributed by atoms with van der Waals surface area (Å²) in [6.07, 6.45) is 4.94. The van der Waals surface area contributed by atoms with Crippen LogP contribution < -0.4 is 15.0 Å². The molecule has 8 nitrogen and oxygen atoms in total. The molecule has 1 fully saturated rings. The van der Waals surface area contributed by atoms with Gasteiger partial charge in [-0.05, 0) is 31.1 Å². The maximum atomic E-state index is 11.6. The van der Waals surface area contributed by atoms with Crippen molar-refractivity contribution in [1.82, 2.24) is 15.1 Å². The molecular weight excluding hydrogens is 370 g/mol. The number of hydrogen-bond donors (Lipinski definition) is 1. The third-order valence-corrected chi connectivity index (χ3v) is 5.99. The molecule has 2 aromatic heterocycles. The highest BCUT2D eigenvalue weighted by atomic mass is 16.5. The number of fused-ring (bicyclic) bond motifs is 1. The van der Waals surface area contributed by atoms with Gasteiger partial charge >= 0.3 is 6.01 Å². The van der Waals surface area contributed by atoms with Gasteiger partial charge in [0.25, 0.3) is 0 Å². The Kier molecular flexibility index (Phi) is 5.69. The molecule has 2 aromatic rings.